The molecule has 2 aromatic rings. The van der Waals surface area contributed by atoms with Gasteiger partial charge in [-0.3, -0.25) is 4.79 Å². The number of carbonyl (C=O) groups excluding carboxylic acids is 1. The molecule has 0 spiro atoms. The highest BCUT2D eigenvalue weighted by Gasteiger charge is 2.25. The minimum absolute atomic E-state index is 0.0781. The standard InChI is InChI=1S/C18H18F2O5S/c1-22-13-3-2-12(14(8-13)25-18(19)20)10-24-16(21)9-15-17-11(4-6-23-15)5-7-26-17/h2-3,5,7-8,15,18H,4,6,9-10H2,1H3/t15-/m1/s1. The van der Waals surface area contributed by atoms with Gasteiger partial charge in [0, 0.05) is 16.5 Å². The van der Waals surface area contributed by atoms with Crippen molar-refractivity contribution in [2.24, 2.45) is 0 Å². The summed E-state index contributed by atoms with van der Waals surface area (Å²) in [6.45, 7) is -2.59. The Morgan fingerprint density at radius 1 is 1.38 bits per heavy atom. The Morgan fingerprint density at radius 2 is 2.23 bits per heavy atom. The number of carbonyl (C=O) groups is 1. The molecule has 0 amide bonds. The molecule has 0 N–H and O–H groups in total. The number of esters is 1. The minimum atomic E-state index is -2.98. The van der Waals surface area contributed by atoms with Crippen LogP contribution in [0.3, 0.4) is 0 Å². The number of thiophene rings is 1. The Hall–Kier alpha value is -2.19. The molecule has 0 saturated heterocycles. The molecule has 1 atom stereocenters. The van der Waals surface area contributed by atoms with E-state index in [1.165, 1.54) is 24.8 Å². The summed E-state index contributed by atoms with van der Waals surface area (Å²) in [6.07, 6.45) is 0.595. The van der Waals surface area contributed by atoms with Crippen LogP contribution in [-0.2, 0) is 27.3 Å². The number of alkyl halides is 2. The first kappa shape index (κ1) is 18.6. The molecule has 140 valence electrons. The Balaban J connectivity index is 1.61. The number of hydrogen-bond donors (Lipinski definition) is 0. The van der Waals surface area contributed by atoms with Crippen LogP contribution in [0.1, 0.15) is 28.5 Å². The normalized spacial score (nSPS) is 16.2. The van der Waals surface area contributed by atoms with Crippen LogP contribution < -0.4 is 9.47 Å². The second kappa shape index (κ2) is 8.46. The van der Waals surface area contributed by atoms with Crippen LogP contribution in [0.15, 0.2) is 29.6 Å². The number of ether oxygens (including phenoxy) is 4. The van der Waals surface area contributed by atoms with E-state index in [0.29, 0.717) is 17.9 Å². The van der Waals surface area contributed by atoms with Crippen molar-refractivity contribution in [3.8, 4) is 11.5 Å². The number of hydrogen-bond acceptors (Lipinski definition) is 6. The van der Waals surface area contributed by atoms with Crippen LogP contribution in [0.4, 0.5) is 8.78 Å². The highest BCUT2D eigenvalue weighted by atomic mass is 32.1. The van der Waals surface area contributed by atoms with Crippen molar-refractivity contribution in [2.75, 3.05) is 13.7 Å². The highest BCUT2D eigenvalue weighted by Crippen LogP contribution is 2.34. The second-order valence-corrected chi connectivity index (χ2v) is 6.58. The predicted octanol–water partition coefficient (Wildman–Crippen LogP) is 4.11. The third-order valence-electron chi connectivity index (χ3n) is 3.99. The zero-order valence-corrected chi connectivity index (χ0v) is 14.9. The Bertz CT molecular complexity index is 762. The average molecular weight is 384 g/mol. The van der Waals surface area contributed by atoms with Gasteiger partial charge < -0.3 is 18.9 Å². The first-order valence-corrected chi connectivity index (χ1v) is 8.90. The molecule has 3 rings (SSSR count). The molecule has 8 heteroatoms. The van der Waals surface area contributed by atoms with Gasteiger partial charge in [0.15, 0.2) is 0 Å². The van der Waals surface area contributed by atoms with Crippen LogP contribution >= 0.6 is 11.3 Å². The molecular formula is C18H18F2O5S. The minimum Gasteiger partial charge on any atom is -0.497 e. The number of halogens is 2. The van der Waals surface area contributed by atoms with E-state index in [1.54, 1.807) is 17.4 Å². The number of rotatable bonds is 7. The molecule has 26 heavy (non-hydrogen) atoms. The molecule has 1 aromatic carbocycles. The van der Waals surface area contributed by atoms with Crippen LogP contribution in [0.2, 0.25) is 0 Å². The van der Waals surface area contributed by atoms with E-state index in [2.05, 4.69) is 4.74 Å². The SMILES string of the molecule is COc1ccc(COC(=O)C[C@H]2OCCc3ccsc32)c(OC(F)F)c1. The van der Waals surface area contributed by atoms with Crippen LogP contribution in [0, 0.1) is 0 Å². The molecule has 5 nitrogen and oxygen atoms in total. The third-order valence-corrected chi connectivity index (χ3v) is 5.05. The molecule has 0 saturated carbocycles. The predicted molar refractivity (Wildman–Crippen MR) is 90.8 cm³/mol. The van der Waals surface area contributed by atoms with E-state index in [1.807, 2.05) is 11.4 Å². The smallest absolute Gasteiger partial charge is 0.387 e. The van der Waals surface area contributed by atoms with Crippen LogP contribution in [-0.4, -0.2) is 26.3 Å². The fourth-order valence-corrected chi connectivity index (χ4v) is 3.73. The summed E-state index contributed by atoms with van der Waals surface area (Å²) in [6, 6.07) is 6.48. The summed E-state index contributed by atoms with van der Waals surface area (Å²) in [4.78, 5) is 13.2. The van der Waals surface area contributed by atoms with Gasteiger partial charge in [0.2, 0.25) is 0 Å². The fraction of sp³-hybridized carbons (Fsp3) is 0.389. The Morgan fingerprint density at radius 3 is 3.00 bits per heavy atom. The van der Waals surface area contributed by atoms with Crippen molar-refractivity contribution in [2.45, 2.75) is 32.2 Å². The Kier molecular flexibility index (Phi) is 6.05. The number of fused-ring (bicyclic) bond motifs is 1. The molecular weight excluding hydrogens is 366 g/mol. The summed E-state index contributed by atoms with van der Waals surface area (Å²) in [5.74, 6) is -0.173. The lowest BCUT2D eigenvalue weighted by atomic mass is 10.1. The van der Waals surface area contributed by atoms with Crippen molar-refractivity contribution in [3.05, 3.63) is 45.6 Å². The second-order valence-electron chi connectivity index (χ2n) is 5.64. The van der Waals surface area contributed by atoms with Crippen molar-refractivity contribution in [1.29, 1.82) is 0 Å². The van der Waals surface area contributed by atoms with Gasteiger partial charge in [-0.15, -0.1) is 11.3 Å². The molecule has 0 aliphatic carbocycles. The van der Waals surface area contributed by atoms with Gasteiger partial charge >= 0.3 is 12.6 Å². The summed E-state index contributed by atoms with van der Waals surface area (Å²) < 4.78 is 45.5. The molecule has 1 aliphatic heterocycles. The lowest BCUT2D eigenvalue weighted by molar-refractivity contribution is -0.148. The van der Waals surface area contributed by atoms with Crippen molar-refractivity contribution in [1.82, 2.24) is 0 Å². The lowest BCUT2D eigenvalue weighted by Gasteiger charge is -2.22. The molecule has 0 radical (unpaired) electrons. The van der Waals surface area contributed by atoms with Crippen molar-refractivity contribution >= 4 is 17.3 Å². The summed E-state index contributed by atoms with van der Waals surface area (Å²) in [7, 11) is 1.42. The van der Waals surface area contributed by atoms with E-state index in [9.17, 15) is 13.6 Å². The van der Waals surface area contributed by atoms with Gasteiger partial charge in [-0.2, -0.15) is 8.78 Å². The topological polar surface area (TPSA) is 54.0 Å². The van der Waals surface area contributed by atoms with Gasteiger partial charge in [0.1, 0.15) is 24.2 Å². The average Bonchev–Trinajstić information content (AvgIpc) is 3.10. The van der Waals surface area contributed by atoms with Crippen molar-refractivity contribution in [3.63, 3.8) is 0 Å². The Labute approximate surface area is 153 Å². The highest BCUT2D eigenvalue weighted by molar-refractivity contribution is 7.10. The van der Waals surface area contributed by atoms with Gasteiger partial charge in [-0.1, -0.05) is 0 Å². The van der Waals surface area contributed by atoms with Gasteiger partial charge in [-0.05, 0) is 35.6 Å². The largest absolute Gasteiger partial charge is 0.497 e. The first-order valence-electron chi connectivity index (χ1n) is 8.02. The number of benzene rings is 1. The maximum Gasteiger partial charge on any atom is 0.387 e. The quantitative estimate of drug-likeness (QED) is 0.673. The van der Waals surface area contributed by atoms with Crippen molar-refractivity contribution < 1.29 is 32.5 Å². The monoisotopic (exact) mass is 384 g/mol. The van der Waals surface area contributed by atoms with E-state index >= 15 is 0 Å². The zero-order valence-electron chi connectivity index (χ0n) is 14.1. The van der Waals surface area contributed by atoms with Gasteiger partial charge in [0.25, 0.3) is 0 Å². The number of methoxy groups -OCH3 is 1. The molecule has 1 aromatic heterocycles. The maximum absolute atomic E-state index is 12.6. The lowest BCUT2D eigenvalue weighted by Crippen LogP contribution is -2.18. The van der Waals surface area contributed by atoms with E-state index in [-0.39, 0.29) is 24.9 Å². The van der Waals surface area contributed by atoms with Crippen LogP contribution in [0.5, 0.6) is 11.5 Å². The molecule has 0 unspecified atom stereocenters. The maximum atomic E-state index is 12.6. The van der Waals surface area contributed by atoms with E-state index < -0.39 is 12.6 Å². The van der Waals surface area contributed by atoms with Gasteiger partial charge in [0.05, 0.1) is 20.1 Å². The molecule has 0 bridgehead atoms. The van der Waals surface area contributed by atoms with E-state index in [4.69, 9.17) is 14.2 Å². The molecule has 0 fully saturated rings. The summed E-state index contributed by atoms with van der Waals surface area (Å²) in [5, 5.41) is 1.98. The first-order chi connectivity index (χ1) is 12.6. The summed E-state index contributed by atoms with van der Waals surface area (Å²) >= 11 is 1.55. The third kappa shape index (κ3) is 4.50. The molecule has 1 aliphatic rings. The zero-order chi connectivity index (χ0) is 18.5. The van der Waals surface area contributed by atoms with E-state index in [0.717, 1.165) is 11.3 Å². The fourth-order valence-electron chi connectivity index (χ4n) is 2.73. The summed E-state index contributed by atoms with van der Waals surface area (Å²) in [5.41, 5.74) is 1.53. The van der Waals surface area contributed by atoms with Crippen LogP contribution in [0.25, 0.3) is 0 Å². The molecule has 2 heterocycles. The van der Waals surface area contributed by atoms with Gasteiger partial charge in [-0.25, -0.2) is 0 Å².